The molecule has 0 saturated heterocycles. The molecule has 14 nitrogen and oxygen atoms in total. The summed E-state index contributed by atoms with van der Waals surface area (Å²) in [6, 6.07) is 8.72. The lowest BCUT2D eigenvalue weighted by molar-refractivity contribution is -0.432. The molecule has 2 aliphatic heterocycles. The van der Waals surface area contributed by atoms with Gasteiger partial charge in [0.05, 0.1) is 36.8 Å². The van der Waals surface area contributed by atoms with Gasteiger partial charge in [0.15, 0.2) is 12.3 Å². The monoisotopic (exact) mass is 793 g/mol. The number of rotatable bonds is 11. The summed E-state index contributed by atoms with van der Waals surface area (Å²) in [5.41, 5.74) is 5.01. The molecule has 0 atom stereocenters. The van der Waals surface area contributed by atoms with Gasteiger partial charge in [-0.3, -0.25) is 0 Å². The maximum absolute atomic E-state index is 12.1. The first-order valence-corrected chi connectivity index (χ1v) is 22.4. The standard InChI is InChI=1S/C34H42N4O10S4/c1-22-23(8-14-31-33(2,3)27-20-25(51(35,45)46)10-12-29(27)37(31)16-18-49(39,40)41)6-7-24(22)9-15-32-34(4,5)28-21-26(52(36,47)48)11-13-30(28)38(32)17-19-50(42,43)44/h8-15,20-21H,6-7,16-19H2,1-5H3,(H5-,35,36,39,40,41,42,43,44,45,46,47,48)/p-1. The Hall–Kier alpha value is -3.49. The van der Waals surface area contributed by atoms with E-state index in [-0.39, 0.29) is 22.9 Å². The molecule has 0 aromatic heterocycles. The second-order valence-corrected chi connectivity index (χ2v) is 20.3. The largest absolute Gasteiger partial charge is 0.748 e. The van der Waals surface area contributed by atoms with Gasteiger partial charge in [0.25, 0.3) is 0 Å². The summed E-state index contributed by atoms with van der Waals surface area (Å²) in [6.45, 7) is 9.14. The number of hydrogen-bond acceptors (Lipinski definition) is 11. The average Bonchev–Trinajstić information content (AvgIpc) is 3.54. The van der Waals surface area contributed by atoms with E-state index in [9.17, 15) is 42.8 Å². The minimum absolute atomic E-state index is 0.0918. The van der Waals surface area contributed by atoms with E-state index in [1.165, 1.54) is 24.3 Å². The van der Waals surface area contributed by atoms with Gasteiger partial charge in [0.2, 0.25) is 25.7 Å². The molecule has 2 aromatic rings. The zero-order valence-electron chi connectivity index (χ0n) is 29.3. The number of benzene rings is 2. The van der Waals surface area contributed by atoms with E-state index in [1.807, 2.05) is 58.9 Å². The molecule has 0 unspecified atom stereocenters. The number of allylic oxidation sites excluding steroid dienone is 8. The van der Waals surface area contributed by atoms with E-state index in [0.717, 1.165) is 16.7 Å². The zero-order chi connectivity index (χ0) is 38.8. The highest BCUT2D eigenvalue weighted by Gasteiger charge is 2.45. The number of nitrogens with zero attached hydrogens (tertiary/aromatic N) is 2. The molecule has 2 aromatic carbocycles. The summed E-state index contributed by atoms with van der Waals surface area (Å²) in [5, 5.41) is 10.8. The van der Waals surface area contributed by atoms with Gasteiger partial charge >= 0.3 is 0 Å². The van der Waals surface area contributed by atoms with E-state index in [1.54, 1.807) is 21.6 Å². The smallest absolute Gasteiger partial charge is 0.238 e. The molecule has 3 aliphatic rings. The molecular weight excluding hydrogens is 753 g/mol. The van der Waals surface area contributed by atoms with E-state index < -0.39 is 62.6 Å². The van der Waals surface area contributed by atoms with Crippen molar-refractivity contribution in [3.63, 3.8) is 0 Å². The number of hydrogen-bond donors (Lipinski definition) is 2. The van der Waals surface area contributed by atoms with Crippen LogP contribution in [0.4, 0.5) is 11.4 Å². The Morgan fingerprint density at radius 1 is 0.769 bits per heavy atom. The lowest BCUT2D eigenvalue weighted by Crippen LogP contribution is -2.30. The Balaban J connectivity index is 1.53. The third-order valence-electron chi connectivity index (χ3n) is 10.0. The Kier molecular flexibility index (Phi) is 10.2. The number of primary sulfonamides is 2. The molecule has 0 bridgehead atoms. The maximum Gasteiger partial charge on any atom is 0.238 e. The first-order chi connectivity index (χ1) is 23.7. The normalized spacial score (nSPS) is 20.5. The van der Waals surface area contributed by atoms with Crippen LogP contribution in [0.2, 0.25) is 0 Å². The number of nitrogens with two attached hydrogens (primary N) is 2. The van der Waals surface area contributed by atoms with Crippen LogP contribution >= 0.6 is 0 Å². The lowest BCUT2D eigenvalue weighted by atomic mass is 9.81. The summed E-state index contributed by atoms with van der Waals surface area (Å²) in [5.74, 6) is -1.33. The van der Waals surface area contributed by atoms with Gasteiger partial charge < -0.3 is 14.0 Å². The van der Waals surface area contributed by atoms with Crippen LogP contribution < -0.4 is 15.2 Å². The van der Waals surface area contributed by atoms with Gasteiger partial charge in [-0.05, 0) is 92.3 Å². The molecule has 52 heavy (non-hydrogen) atoms. The molecule has 282 valence electrons. The fraction of sp³-hybridized carbons (Fsp3) is 0.382. The van der Waals surface area contributed by atoms with Crippen LogP contribution in [-0.4, -0.2) is 77.7 Å². The number of sulfonamides is 2. The van der Waals surface area contributed by atoms with Gasteiger partial charge in [-0.15, -0.1) is 0 Å². The zero-order valence-corrected chi connectivity index (χ0v) is 32.5. The Morgan fingerprint density at radius 3 is 1.92 bits per heavy atom. The van der Waals surface area contributed by atoms with Gasteiger partial charge in [0, 0.05) is 41.1 Å². The van der Waals surface area contributed by atoms with Crippen LogP contribution in [0.3, 0.4) is 0 Å². The Labute approximate surface area is 305 Å². The first-order valence-electron chi connectivity index (χ1n) is 16.2. The molecule has 0 saturated carbocycles. The maximum atomic E-state index is 12.1. The highest BCUT2D eigenvalue weighted by atomic mass is 32.2. The predicted octanol–water partition coefficient (Wildman–Crippen LogP) is 2.72. The van der Waals surface area contributed by atoms with Crippen molar-refractivity contribution >= 4 is 57.4 Å². The third-order valence-corrected chi connectivity index (χ3v) is 13.2. The molecule has 0 radical (unpaired) electrons. The van der Waals surface area contributed by atoms with E-state index in [0.29, 0.717) is 46.8 Å². The minimum atomic E-state index is -4.56. The van der Waals surface area contributed by atoms with Gasteiger partial charge in [-0.1, -0.05) is 26.0 Å². The van der Waals surface area contributed by atoms with E-state index in [4.69, 9.17) is 10.3 Å². The van der Waals surface area contributed by atoms with Crippen LogP contribution in [0.5, 0.6) is 0 Å². The molecular formula is C34H41N4O10S4-. The van der Waals surface area contributed by atoms with Crippen molar-refractivity contribution in [3.8, 4) is 0 Å². The minimum Gasteiger partial charge on any atom is -0.748 e. The second-order valence-electron chi connectivity index (χ2n) is 14.1. The Bertz CT molecular complexity index is 2480. The summed E-state index contributed by atoms with van der Waals surface area (Å²) in [4.78, 5) is 1.52. The van der Waals surface area contributed by atoms with Crippen molar-refractivity contribution in [3.05, 3.63) is 94.2 Å². The molecule has 0 fully saturated rings. The van der Waals surface area contributed by atoms with Crippen molar-refractivity contribution in [2.45, 2.75) is 68.1 Å². The molecule has 18 heteroatoms. The fourth-order valence-corrected chi connectivity index (χ4v) is 9.07. The van der Waals surface area contributed by atoms with Crippen molar-refractivity contribution < 1.29 is 47.4 Å². The van der Waals surface area contributed by atoms with Crippen molar-refractivity contribution in [2.75, 3.05) is 29.5 Å². The van der Waals surface area contributed by atoms with Crippen LogP contribution in [0.25, 0.3) is 0 Å². The van der Waals surface area contributed by atoms with Crippen LogP contribution in [0.1, 0.15) is 58.6 Å². The van der Waals surface area contributed by atoms with Crippen molar-refractivity contribution in [1.29, 1.82) is 0 Å². The van der Waals surface area contributed by atoms with Gasteiger partial charge in [0.1, 0.15) is 10.1 Å². The molecule has 4 N–H and O–H groups in total. The molecule has 0 amide bonds. The van der Waals surface area contributed by atoms with Gasteiger partial charge in [-0.25, -0.2) is 43.9 Å². The molecule has 2 heterocycles. The number of fused-ring (bicyclic) bond motifs is 2. The summed E-state index contributed by atoms with van der Waals surface area (Å²) in [7, 11) is -17.2. The average molecular weight is 794 g/mol. The summed E-state index contributed by atoms with van der Waals surface area (Å²) < 4.78 is 120. The summed E-state index contributed by atoms with van der Waals surface area (Å²) in [6.07, 6.45) is 8.84. The quantitative estimate of drug-likeness (QED) is 0.248. The Morgan fingerprint density at radius 2 is 1.35 bits per heavy atom. The van der Waals surface area contributed by atoms with Gasteiger partial charge in [-0.2, -0.15) is 4.58 Å². The highest BCUT2D eigenvalue weighted by molar-refractivity contribution is 7.89. The van der Waals surface area contributed by atoms with E-state index in [2.05, 4.69) is 0 Å². The highest BCUT2D eigenvalue weighted by Crippen LogP contribution is 2.49. The topological polar surface area (TPSA) is 241 Å². The van der Waals surface area contributed by atoms with Crippen LogP contribution in [-0.2, 0) is 51.1 Å². The van der Waals surface area contributed by atoms with E-state index >= 15 is 0 Å². The predicted molar refractivity (Wildman–Crippen MR) is 195 cm³/mol. The van der Waals surface area contributed by atoms with Crippen LogP contribution in [0, 0.1) is 0 Å². The SMILES string of the molecule is CC1=C(/C=C/C2=[N+](CCS(=O)(=O)[O-])c3ccc(S(N)(=O)=O)cc3C2(C)C)CC/C1=C/C=C1\N(CCS(=O)(=O)[O-])c2ccc(S(N)(=O)=O)cc2C1(C)C. The fourth-order valence-electron chi connectivity index (χ4n) is 7.18. The first kappa shape index (κ1) is 39.7. The third kappa shape index (κ3) is 8.03. The summed E-state index contributed by atoms with van der Waals surface area (Å²) >= 11 is 0. The molecule has 1 aliphatic carbocycles. The van der Waals surface area contributed by atoms with Crippen molar-refractivity contribution in [1.82, 2.24) is 0 Å². The van der Waals surface area contributed by atoms with Crippen molar-refractivity contribution in [2.24, 2.45) is 10.3 Å². The lowest BCUT2D eigenvalue weighted by Gasteiger charge is -2.27. The van der Waals surface area contributed by atoms with Crippen LogP contribution in [0.15, 0.2) is 92.9 Å². The molecule has 5 rings (SSSR count). The molecule has 0 spiro atoms. The number of anilines is 1. The second kappa shape index (κ2) is 13.4.